The second-order valence-electron chi connectivity index (χ2n) is 10.0. The Morgan fingerprint density at radius 2 is 1.88 bits per heavy atom. The molecule has 2 atom stereocenters. The molecule has 0 bridgehead atoms. The first-order valence-electron chi connectivity index (χ1n) is 13.2. The van der Waals surface area contributed by atoms with Crippen LogP contribution in [0.4, 0.5) is 0 Å². The highest BCUT2D eigenvalue weighted by Crippen LogP contribution is 2.25. The number of amides is 2. The van der Waals surface area contributed by atoms with Crippen LogP contribution in [0.5, 0.6) is 0 Å². The van der Waals surface area contributed by atoms with Crippen LogP contribution in [-0.4, -0.2) is 78.5 Å². The van der Waals surface area contributed by atoms with E-state index >= 15 is 0 Å². The highest BCUT2D eigenvalue weighted by atomic mass is 32.2. The molecule has 11 nitrogen and oxygen atoms in total. The van der Waals surface area contributed by atoms with Crippen molar-refractivity contribution in [3.63, 3.8) is 0 Å². The fourth-order valence-electron chi connectivity index (χ4n) is 4.36. The maximum Gasteiger partial charge on any atom is 0.252 e. The number of fused-ring (bicyclic) bond motifs is 1. The van der Waals surface area contributed by atoms with Crippen molar-refractivity contribution in [2.45, 2.75) is 50.2 Å². The molecule has 13 heteroatoms. The molecular formula is C28H36N6O5S2. The molecule has 0 aliphatic rings. The summed E-state index contributed by atoms with van der Waals surface area (Å²) < 4.78 is 29.7. The van der Waals surface area contributed by atoms with Gasteiger partial charge in [-0.3, -0.25) is 15.0 Å². The number of hydrogen-bond acceptors (Lipinski definition) is 9. The van der Waals surface area contributed by atoms with Gasteiger partial charge in [0.25, 0.3) is 5.91 Å². The number of nitrogens with zero attached hydrogens (tertiary/aromatic N) is 4. The highest BCUT2D eigenvalue weighted by Gasteiger charge is 2.36. The van der Waals surface area contributed by atoms with Crippen LogP contribution in [0.1, 0.15) is 32.3 Å². The Morgan fingerprint density at radius 1 is 1.15 bits per heavy atom. The second-order valence-corrected chi connectivity index (χ2v) is 12.8. The van der Waals surface area contributed by atoms with Crippen LogP contribution in [0.3, 0.4) is 0 Å². The van der Waals surface area contributed by atoms with E-state index in [9.17, 15) is 23.1 Å². The summed E-state index contributed by atoms with van der Waals surface area (Å²) in [5, 5.41) is 24.5. The number of aromatic nitrogens is 1. The van der Waals surface area contributed by atoms with Crippen molar-refractivity contribution in [1.82, 2.24) is 25.0 Å². The Kier molecular flexibility index (Phi) is 11.7. The van der Waals surface area contributed by atoms with E-state index < -0.39 is 34.0 Å². The number of carbonyl (C=O) groups excluding carboxylic acids is 2. The Labute approximate surface area is 244 Å². The number of benzene rings is 2. The molecule has 0 saturated heterocycles. The number of thiazole rings is 1. The van der Waals surface area contributed by atoms with Gasteiger partial charge in [-0.25, -0.2) is 18.4 Å². The number of hydrogen-bond donors (Lipinski definition) is 3. The lowest BCUT2D eigenvalue weighted by molar-refractivity contribution is -0.147. The Balaban J connectivity index is 2.00. The largest absolute Gasteiger partial charge is 0.390 e. The van der Waals surface area contributed by atoms with Crippen LogP contribution in [-0.2, 0) is 26.0 Å². The molecule has 3 N–H and O–H groups in total. The molecule has 1 heterocycles. The van der Waals surface area contributed by atoms with Gasteiger partial charge in [-0.05, 0) is 43.1 Å². The molecule has 0 saturated carbocycles. The number of nitrogens with one attached hydrogen (secondary N) is 2. The Bertz CT molecular complexity index is 1460. The summed E-state index contributed by atoms with van der Waals surface area (Å²) in [7, 11) is -2.47. The van der Waals surface area contributed by atoms with Crippen molar-refractivity contribution in [1.29, 1.82) is 5.26 Å². The topological polar surface area (TPSA) is 156 Å². The van der Waals surface area contributed by atoms with Crippen molar-refractivity contribution < 1.29 is 23.1 Å². The predicted octanol–water partition coefficient (Wildman–Crippen LogP) is 2.30. The van der Waals surface area contributed by atoms with Gasteiger partial charge in [-0.2, -0.15) is 9.57 Å². The zero-order chi connectivity index (χ0) is 30.0. The number of sulfonamides is 1. The number of aliphatic hydroxyl groups is 1. The summed E-state index contributed by atoms with van der Waals surface area (Å²) in [4.78, 5) is 30.1. The van der Waals surface area contributed by atoms with Crippen LogP contribution in [0.25, 0.3) is 10.2 Å². The predicted molar refractivity (Wildman–Crippen MR) is 157 cm³/mol. The van der Waals surface area contributed by atoms with E-state index in [0.717, 1.165) is 15.3 Å². The van der Waals surface area contributed by atoms with Gasteiger partial charge in [0.1, 0.15) is 0 Å². The molecule has 3 aromatic rings. The van der Waals surface area contributed by atoms with E-state index in [1.165, 1.54) is 21.7 Å². The summed E-state index contributed by atoms with van der Waals surface area (Å²) >= 11 is 1.33. The van der Waals surface area contributed by atoms with Gasteiger partial charge in [0.05, 0.1) is 45.4 Å². The van der Waals surface area contributed by atoms with Gasteiger partial charge in [-0.15, -0.1) is 11.3 Å². The van der Waals surface area contributed by atoms with Gasteiger partial charge in [0.2, 0.25) is 15.9 Å². The monoisotopic (exact) mass is 600 g/mol. The molecule has 2 amide bonds. The molecule has 0 spiro atoms. The third kappa shape index (κ3) is 8.79. The summed E-state index contributed by atoms with van der Waals surface area (Å²) in [6, 6.07) is 14.7. The van der Waals surface area contributed by atoms with Crippen molar-refractivity contribution in [2.24, 2.45) is 5.92 Å². The molecule has 0 aliphatic carbocycles. The second kappa shape index (κ2) is 15.0. The minimum Gasteiger partial charge on any atom is -0.390 e. The van der Waals surface area contributed by atoms with Crippen molar-refractivity contribution in [3.8, 4) is 6.07 Å². The molecule has 1 aromatic heterocycles. The first-order chi connectivity index (χ1) is 19.6. The maximum absolute atomic E-state index is 13.9. The Hall–Kier alpha value is -3.41. The third-order valence-corrected chi connectivity index (χ3v) is 8.88. The minimum absolute atomic E-state index is 0.0691. The van der Waals surface area contributed by atoms with Gasteiger partial charge in [0, 0.05) is 25.9 Å². The van der Waals surface area contributed by atoms with Crippen molar-refractivity contribution >= 4 is 43.4 Å². The maximum atomic E-state index is 13.9. The summed E-state index contributed by atoms with van der Waals surface area (Å²) in [5.74, 6) is -1.15. The van der Waals surface area contributed by atoms with Gasteiger partial charge < -0.3 is 10.4 Å². The molecule has 41 heavy (non-hydrogen) atoms. The molecule has 2 aromatic carbocycles. The zero-order valence-electron chi connectivity index (χ0n) is 23.4. The number of hydrazine groups is 1. The van der Waals surface area contributed by atoms with Crippen LogP contribution < -0.4 is 10.7 Å². The van der Waals surface area contributed by atoms with Gasteiger partial charge >= 0.3 is 0 Å². The standard InChI is InChI=1S/C28H36N6O5S2/c1-20(2)17-33(41(38,39)22-11-12-23-26(15-22)40-19-31-23)18-25(35)24(14-21-8-5-4-6-9-21)34(28(37)10-7-13-29)32-27(36)16-30-3/h4-6,8-9,11-12,15,19-20,24-25,30,35H,7,10,14,16-18H2,1-3H3,(H,32,36)/t24-,25+/m0/s1. The summed E-state index contributed by atoms with van der Waals surface area (Å²) in [5.41, 5.74) is 5.67. The van der Waals surface area contributed by atoms with Crippen LogP contribution in [0.15, 0.2) is 58.9 Å². The normalized spacial score (nSPS) is 13.2. The fraction of sp³-hybridized carbons (Fsp3) is 0.429. The van der Waals surface area contributed by atoms with E-state index in [-0.39, 0.29) is 49.7 Å². The van der Waals surface area contributed by atoms with Crippen LogP contribution >= 0.6 is 11.3 Å². The van der Waals surface area contributed by atoms with Crippen molar-refractivity contribution in [2.75, 3.05) is 26.7 Å². The highest BCUT2D eigenvalue weighted by molar-refractivity contribution is 7.89. The molecule has 0 radical (unpaired) electrons. The van der Waals surface area contributed by atoms with Crippen LogP contribution in [0.2, 0.25) is 0 Å². The third-order valence-electron chi connectivity index (χ3n) is 6.27. The average molecular weight is 601 g/mol. The number of carbonyl (C=O) groups is 2. The van der Waals surface area contributed by atoms with E-state index in [1.807, 2.05) is 50.2 Å². The Morgan fingerprint density at radius 3 is 2.54 bits per heavy atom. The number of nitriles is 1. The molecule has 0 unspecified atom stereocenters. The quantitative estimate of drug-likeness (QED) is 0.238. The molecule has 220 valence electrons. The zero-order valence-corrected chi connectivity index (χ0v) is 25.0. The molecule has 0 fully saturated rings. The molecule has 3 rings (SSSR count). The summed E-state index contributed by atoms with van der Waals surface area (Å²) in [6.07, 6.45) is -1.53. The lowest BCUT2D eigenvalue weighted by atomic mass is 9.99. The number of likely N-dealkylation sites (N-methyl/N-ethyl adjacent to an activating group) is 1. The number of aliphatic hydroxyl groups excluding tert-OH is 1. The first kappa shape index (κ1) is 32.1. The molecular weight excluding hydrogens is 564 g/mol. The van der Waals surface area contributed by atoms with E-state index in [0.29, 0.717) is 5.52 Å². The lowest BCUT2D eigenvalue weighted by Crippen LogP contribution is -2.60. The molecule has 0 aliphatic heterocycles. The average Bonchev–Trinajstić information content (AvgIpc) is 3.42. The minimum atomic E-state index is -4.05. The SMILES string of the molecule is CNCC(=O)NN(C(=O)CCC#N)[C@@H](Cc1ccccc1)[C@H](O)CN(CC(C)C)S(=O)(=O)c1ccc2ncsc2c1. The van der Waals surface area contributed by atoms with Crippen LogP contribution in [0, 0.1) is 17.2 Å². The fourth-order valence-corrected chi connectivity index (χ4v) is 6.80. The van der Waals surface area contributed by atoms with E-state index in [1.54, 1.807) is 24.7 Å². The van der Waals surface area contributed by atoms with Crippen molar-refractivity contribution in [3.05, 3.63) is 59.6 Å². The van der Waals surface area contributed by atoms with Gasteiger partial charge in [0.15, 0.2) is 0 Å². The smallest absolute Gasteiger partial charge is 0.252 e. The number of rotatable bonds is 14. The van der Waals surface area contributed by atoms with Gasteiger partial charge in [-0.1, -0.05) is 44.2 Å². The van der Waals surface area contributed by atoms with E-state index in [2.05, 4.69) is 15.7 Å². The lowest BCUT2D eigenvalue weighted by Gasteiger charge is -2.37. The first-order valence-corrected chi connectivity index (χ1v) is 15.6. The van der Waals surface area contributed by atoms with E-state index in [4.69, 9.17) is 5.26 Å². The summed E-state index contributed by atoms with van der Waals surface area (Å²) in [6.45, 7) is 3.44.